The van der Waals surface area contributed by atoms with Crippen LogP contribution in [0.15, 0.2) is 65.7 Å². The van der Waals surface area contributed by atoms with Gasteiger partial charge < -0.3 is 20.1 Å². The molecule has 0 radical (unpaired) electrons. The quantitative estimate of drug-likeness (QED) is 0.345. The third-order valence-electron chi connectivity index (χ3n) is 6.16. The topological polar surface area (TPSA) is 101 Å². The number of nitrogens with zero attached hydrogens (tertiary/aromatic N) is 6. The molecule has 0 atom stereocenters. The number of phenols is 1. The van der Waals surface area contributed by atoms with Gasteiger partial charge in [-0.2, -0.15) is 11.3 Å². The number of aromatic hydroxyl groups is 1. The van der Waals surface area contributed by atoms with Gasteiger partial charge in [0, 0.05) is 36.8 Å². The molecule has 0 bridgehead atoms. The fraction of sp³-hybridized carbons (Fsp3) is 0.231. The number of fused-ring (bicyclic) bond motifs is 1. The molecule has 0 saturated carbocycles. The largest absolute Gasteiger partial charge is 0.508 e. The van der Waals surface area contributed by atoms with Gasteiger partial charge >= 0.3 is 0 Å². The van der Waals surface area contributed by atoms with Gasteiger partial charge in [-0.05, 0) is 47.7 Å². The molecule has 182 valence electrons. The van der Waals surface area contributed by atoms with Crippen molar-refractivity contribution in [3.8, 4) is 22.8 Å². The highest BCUT2D eigenvalue weighted by molar-refractivity contribution is 7.08. The Balaban J connectivity index is 1.32. The average Bonchev–Trinajstić information content (AvgIpc) is 3.60. The molecular weight excluding hydrogens is 474 g/mol. The van der Waals surface area contributed by atoms with Crippen molar-refractivity contribution in [2.45, 2.75) is 6.42 Å². The molecule has 10 heteroatoms. The molecule has 1 saturated heterocycles. The molecule has 36 heavy (non-hydrogen) atoms. The number of hydrogen-bond acceptors (Lipinski definition) is 9. The normalized spacial score (nSPS) is 13.8. The molecule has 5 aromatic rings. The summed E-state index contributed by atoms with van der Waals surface area (Å²) >= 11 is 1.63. The summed E-state index contributed by atoms with van der Waals surface area (Å²) in [5.74, 6) is 2.47. The van der Waals surface area contributed by atoms with Crippen molar-refractivity contribution < 1.29 is 9.84 Å². The van der Waals surface area contributed by atoms with Crippen molar-refractivity contribution in [3.63, 3.8) is 0 Å². The Labute approximate surface area is 212 Å². The summed E-state index contributed by atoms with van der Waals surface area (Å²) in [6, 6.07) is 13.3. The molecule has 9 nitrogen and oxygen atoms in total. The van der Waals surface area contributed by atoms with Crippen molar-refractivity contribution in [1.29, 1.82) is 0 Å². The van der Waals surface area contributed by atoms with Gasteiger partial charge in [-0.15, -0.1) is 0 Å². The molecule has 0 aliphatic carbocycles. The van der Waals surface area contributed by atoms with E-state index >= 15 is 0 Å². The molecule has 0 amide bonds. The number of nitrogens with one attached hydrogen (secondary N) is 1. The predicted octanol–water partition coefficient (Wildman–Crippen LogP) is 4.14. The summed E-state index contributed by atoms with van der Waals surface area (Å²) in [5, 5.41) is 17.1. The summed E-state index contributed by atoms with van der Waals surface area (Å²) in [7, 11) is 0. The first-order valence-corrected chi connectivity index (χ1v) is 12.8. The van der Waals surface area contributed by atoms with Gasteiger partial charge in [0.2, 0.25) is 0 Å². The van der Waals surface area contributed by atoms with Gasteiger partial charge in [0.15, 0.2) is 22.8 Å². The minimum absolute atomic E-state index is 0.265. The van der Waals surface area contributed by atoms with Gasteiger partial charge in [0.1, 0.15) is 17.9 Å². The number of imidazole rings is 1. The molecular formula is C26H25N7O2S. The minimum Gasteiger partial charge on any atom is -0.508 e. The second-order valence-corrected chi connectivity index (χ2v) is 9.29. The molecule has 2 N–H and O–H groups in total. The number of ether oxygens (including phenoxy) is 1. The zero-order valence-corrected chi connectivity index (χ0v) is 20.4. The Kier molecular flexibility index (Phi) is 6.18. The van der Waals surface area contributed by atoms with Crippen molar-refractivity contribution in [2.75, 3.05) is 43.1 Å². The number of aromatic nitrogens is 5. The van der Waals surface area contributed by atoms with Gasteiger partial charge in [-0.1, -0.05) is 12.1 Å². The number of pyridine rings is 1. The van der Waals surface area contributed by atoms with E-state index in [1.807, 2.05) is 46.5 Å². The summed E-state index contributed by atoms with van der Waals surface area (Å²) in [5.41, 5.74) is 4.44. The SMILES string of the molecule is Oc1ccc(CCNc2nc(-c3ccc(N4CCOCC4)nc3)nc3c2ncn3-c2ccsc2)cc1. The Morgan fingerprint density at radius 3 is 2.61 bits per heavy atom. The Hall–Kier alpha value is -4.02. The lowest BCUT2D eigenvalue weighted by atomic mass is 10.1. The second kappa shape index (κ2) is 9.92. The van der Waals surface area contributed by atoms with E-state index in [0.29, 0.717) is 23.7 Å². The fourth-order valence-corrected chi connectivity index (χ4v) is 4.85. The van der Waals surface area contributed by atoms with Crippen LogP contribution in [0.1, 0.15) is 5.56 Å². The lowest BCUT2D eigenvalue weighted by molar-refractivity contribution is 0.122. The van der Waals surface area contributed by atoms with E-state index in [0.717, 1.165) is 61.0 Å². The van der Waals surface area contributed by atoms with E-state index in [1.54, 1.807) is 29.8 Å². The van der Waals surface area contributed by atoms with Crippen LogP contribution >= 0.6 is 11.3 Å². The number of morpholine rings is 1. The minimum atomic E-state index is 0.265. The standard InChI is InChI=1S/C26H25N7O2S/c34-21-4-1-18(2-5-21)7-9-27-25-23-26(33(17-29-23)20-8-14-36-16-20)31-24(30-25)19-3-6-22(28-15-19)32-10-12-35-13-11-32/h1-6,8,14-17,34H,7,9-13H2,(H,27,30,31). The number of thiophene rings is 1. The number of anilines is 2. The number of hydrogen-bond donors (Lipinski definition) is 2. The molecule has 0 unspecified atom stereocenters. The van der Waals surface area contributed by atoms with E-state index in [2.05, 4.69) is 25.6 Å². The van der Waals surface area contributed by atoms with Crippen LogP contribution in [0.4, 0.5) is 11.6 Å². The van der Waals surface area contributed by atoms with E-state index in [1.165, 1.54) is 0 Å². The van der Waals surface area contributed by atoms with Crippen molar-refractivity contribution >= 4 is 34.1 Å². The first-order chi connectivity index (χ1) is 17.7. The zero-order valence-electron chi connectivity index (χ0n) is 19.5. The maximum atomic E-state index is 9.53. The second-order valence-electron chi connectivity index (χ2n) is 8.51. The highest BCUT2D eigenvalue weighted by Crippen LogP contribution is 2.27. The van der Waals surface area contributed by atoms with Crippen molar-refractivity contribution in [2.24, 2.45) is 0 Å². The van der Waals surface area contributed by atoms with Crippen LogP contribution < -0.4 is 10.2 Å². The summed E-state index contributed by atoms with van der Waals surface area (Å²) in [4.78, 5) is 21.3. The van der Waals surface area contributed by atoms with Crippen LogP contribution in [0.25, 0.3) is 28.2 Å². The maximum absolute atomic E-state index is 9.53. The molecule has 0 spiro atoms. The first-order valence-electron chi connectivity index (χ1n) is 11.8. The molecule has 1 aliphatic heterocycles. The lowest BCUT2D eigenvalue weighted by Crippen LogP contribution is -2.36. The van der Waals surface area contributed by atoms with Crippen LogP contribution in [-0.2, 0) is 11.2 Å². The van der Waals surface area contributed by atoms with Gasteiger partial charge in [0.25, 0.3) is 0 Å². The predicted molar refractivity (Wildman–Crippen MR) is 141 cm³/mol. The van der Waals surface area contributed by atoms with Crippen molar-refractivity contribution in [3.05, 3.63) is 71.3 Å². The Morgan fingerprint density at radius 1 is 1.00 bits per heavy atom. The number of phenolic OH excluding ortho intramolecular Hbond substituents is 1. The van der Waals surface area contributed by atoms with Gasteiger partial charge in [-0.25, -0.2) is 19.9 Å². The summed E-state index contributed by atoms with van der Waals surface area (Å²) in [6.45, 7) is 3.77. The molecule has 5 heterocycles. The van der Waals surface area contributed by atoms with Crippen LogP contribution in [0.2, 0.25) is 0 Å². The molecule has 6 rings (SSSR count). The number of benzene rings is 1. The van der Waals surface area contributed by atoms with Crippen LogP contribution in [0.5, 0.6) is 5.75 Å². The smallest absolute Gasteiger partial charge is 0.170 e. The van der Waals surface area contributed by atoms with E-state index in [-0.39, 0.29) is 5.75 Å². The van der Waals surface area contributed by atoms with E-state index < -0.39 is 0 Å². The maximum Gasteiger partial charge on any atom is 0.170 e. The molecule has 4 aromatic heterocycles. The lowest BCUT2D eigenvalue weighted by Gasteiger charge is -2.27. The highest BCUT2D eigenvalue weighted by Gasteiger charge is 2.17. The van der Waals surface area contributed by atoms with Crippen LogP contribution in [0.3, 0.4) is 0 Å². The Morgan fingerprint density at radius 2 is 1.86 bits per heavy atom. The zero-order chi connectivity index (χ0) is 24.3. The Bertz CT molecular complexity index is 1440. The average molecular weight is 500 g/mol. The first kappa shape index (κ1) is 22.4. The molecule has 1 fully saturated rings. The summed E-state index contributed by atoms with van der Waals surface area (Å²) < 4.78 is 7.44. The van der Waals surface area contributed by atoms with E-state index in [4.69, 9.17) is 14.7 Å². The van der Waals surface area contributed by atoms with Crippen LogP contribution in [-0.4, -0.2) is 62.5 Å². The molecule has 1 aliphatic rings. The van der Waals surface area contributed by atoms with Gasteiger partial charge in [0.05, 0.1) is 18.9 Å². The van der Waals surface area contributed by atoms with E-state index in [9.17, 15) is 5.11 Å². The van der Waals surface area contributed by atoms with Crippen molar-refractivity contribution in [1.82, 2.24) is 24.5 Å². The van der Waals surface area contributed by atoms with Crippen LogP contribution in [0, 0.1) is 0 Å². The number of rotatable bonds is 7. The third kappa shape index (κ3) is 4.60. The summed E-state index contributed by atoms with van der Waals surface area (Å²) in [6.07, 6.45) is 4.40. The highest BCUT2D eigenvalue weighted by atomic mass is 32.1. The molecule has 1 aromatic carbocycles. The fourth-order valence-electron chi connectivity index (χ4n) is 4.22. The van der Waals surface area contributed by atoms with Gasteiger partial charge in [-0.3, -0.25) is 4.57 Å². The third-order valence-corrected chi connectivity index (χ3v) is 6.83. The monoisotopic (exact) mass is 499 g/mol.